The molecule has 174 valence electrons. The Morgan fingerprint density at radius 2 is 1.72 bits per heavy atom. The van der Waals surface area contributed by atoms with E-state index in [1.54, 1.807) is 32.9 Å². The largest absolute Gasteiger partial charge is 0.355 e. The fourth-order valence-corrected chi connectivity index (χ4v) is 4.31. The van der Waals surface area contributed by atoms with Crippen LogP contribution >= 0.6 is 11.6 Å². The van der Waals surface area contributed by atoms with Crippen molar-refractivity contribution in [3.8, 4) is 0 Å². The smallest absolute Gasteiger partial charge is 0.244 e. The first-order valence-electron chi connectivity index (χ1n) is 10.3. The number of carbonyl (C=O) groups excluding carboxylic acids is 2. The van der Waals surface area contributed by atoms with Crippen molar-refractivity contribution in [1.82, 2.24) is 10.2 Å². The highest BCUT2D eigenvalue weighted by Crippen LogP contribution is 2.26. The minimum atomic E-state index is -3.79. The van der Waals surface area contributed by atoms with E-state index in [-0.39, 0.29) is 12.5 Å². The maximum absolute atomic E-state index is 13.4. The lowest BCUT2D eigenvalue weighted by Gasteiger charge is -2.32. The summed E-state index contributed by atoms with van der Waals surface area (Å²) in [5.41, 5.74) is 2.90. The Morgan fingerprint density at radius 3 is 2.28 bits per heavy atom. The molecule has 0 radical (unpaired) electrons. The molecule has 0 fully saturated rings. The number of hydrogen-bond acceptors (Lipinski definition) is 4. The molecule has 0 aromatic heterocycles. The number of hydrogen-bond donors (Lipinski definition) is 1. The van der Waals surface area contributed by atoms with Crippen molar-refractivity contribution in [3.05, 3.63) is 64.2 Å². The van der Waals surface area contributed by atoms with Gasteiger partial charge in [-0.25, -0.2) is 8.42 Å². The normalized spacial score (nSPS) is 12.2. The first-order valence-corrected chi connectivity index (χ1v) is 12.5. The molecule has 0 aliphatic rings. The third-order valence-electron chi connectivity index (χ3n) is 5.11. The molecule has 9 heteroatoms. The van der Waals surface area contributed by atoms with Crippen LogP contribution in [0.5, 0.6) is 0 Å². The van der Waals surface area contributed by atoms with Gasteiger partial charge < -0.3 is 10.2 Å². The summed E-state index contributed by atoms with van der Waals surface area (Å²) in [6, 6.07) is 11.7. The van der Waals surface area contributed by atoms with Crippen LogP contribution in [0.25, 0.3) is 0 Å². The number of benzene rings is 2. The molecule has 2 aromatic rings. The summed E-state index contributed by atoms with van der Waals surface area (Å²) in [5.74, 6) is -0.799. The van der Waals surface area contributed by atoms with E-state index in [0.29, 0.717) is 22.8 Å². The second kappa shape index (κ2) is 10.8. The molecule has 0 saturated carbocycles. The molecule has 7 nitrogen and oxygen atoms in total. The molecule has 0 bridgehead atoms. The number of nitrogens with one attached hydrogen (secondary N) is 1. The van der Waals surface area contributed by atoms with Gasteiger partial charge in [-0.3, -0.25) is 13.9 Å². The summed E-state index contributed by atoms with van der Waals surface area (Å²) >= 11 is 6.09. The summed E-state index contributed by atoms with van der Waals surface area (Å²) in [4.78, 5) is 27.3. The number of anilines is 1. The maximum atomic E-state index is 13.4. The molecule has 0 aliphatic heterocycles. The van der Waals surface area contributed by atoms with Crippen LogP contribution in [-0.4, -0.2) is 50.5 Å². The fraction of sp³-hybridized carbons (Fsp3) is 0.391. The highest BCUT2D eigenvalue weighted by atomic mass is 35.5. The molecule has 0 aliphatic carbocycles. The van der Waals surface area contributed by atoms with Crippen LogP contribution in [0.2, 0.25) is 5.02 Å². The Kier molecular flexibility index (Phi) is 8.69. The standard InChI is InChI=1S/C23H30ClN3O4S/c1-6-25-23(29)18(4)26(14-19-10-7-16(2)8-11-19)22(28)15-27(32(5,30)31)21-13-20(24)12-9-17(21)3/h7-13,18H,6,14-15H2,1-5H3,(H,25,29). The third kappa shape index (κ3) is 6.71. The van der Waals surface area contributed by atoms with Crippen molar-refractivity contribution in [3.63, 3.8) is 0 Å². The second-order valence-electron chi connectivity index (χ2n) is 7.78. The first-order chi connectivity index (χ1) is 14.9. The van der Waals surface area contributed by atoms with Gasteiger partial charge in [-0.15, -0.1) is 0 Å². The number of amides is 2. The van der Waals surface area contributed by atoms with Gasteiger partial charge in [0.25, 0.3) is 0 Å². The van der Waals surface area contributed by atoms with Crippen molar-refractivity contribution in [2.45, 2.75) is 40.3 Å². The Hall–Kier alpha value is -2.58. The number of aryl methyl sites for hydroxylation is 2. The Bertz CT molecular complexity index is 1070. The van der Waals surface area contributed by atoms with Crippen LogP contribution in [-0.2, 0) is 26.2 Å². The van der Waals surface area contributed by atoms with E-state index in [1.165, 1.54) is 11.0 Å². The predicted octanol–water partition coefficient (Wildman–Crippen LogP) is 3.28. The van der Waals surface area contributed by atoms with Gasteiger partial charge in [0.1, 0.15) is 12.6 Å². The molecule has 1 unspecified atom stereocenters. The number of halogens is 1. The van der Waals surface area contributed by atoms with Gasteiger partial charge in [0.15, 0.2) is 0 Å². The fourth-order valence-electron chi connectivity index (χ4n) is 3.24. The number of nitrogens with zero attached hydrogens (tertiary/aromatic N) is 2. The van der Waals surface area contributed by atoms with Gasteiger partial charge in [-0.1, -0.05) is 47.5 Å². The summed E-state index contributed by atoms with van der Waals surface area (Å²) in [6.07, 6.45) is 1.04. The van der Waals surface area contributed by atoms with Crippen LogP contribution in [0.4, 0.5) is 5.69 Å². The predicted molar refractivity (Wildman–Crippen MR) is 128 cm³/mol. The second-order valence-corrected chi connectivity index (χ2v) is 10.1. The third-order valence-corrected chi connectivity index (χ3v) is 6.47. The van der Waals surface area contributed by atoms with Crippen molar-refractivity contribution in [2.24, 2.45) is 0 Å². The summed E-state index contributed by atoms with van der Waals surface area (Å²) < 4.78 is 26.2. The lowest BCUT2D eigenvalue weighted by molar-refractivity contribution is -0.139. The molecule has 0 heterocycles. The number of carbonyl (C=O) groups is 2. The zero-order valence-electron chi connectivity index (χ0n) is 19.1. The summed E-state index contributed by atoms with van der Waals surface area (Å²) in [7, 11) is -3.79. The molecule has 32 heavy (non-hydrogen) atoms. The number of rotatable bonds is 9. The number of likely N-dealkylation sites (N-methyl/N-ethyl adjacent to an activating group) is 1. The average Bonchev–Trinajstić information content (AvgIpc) is 2.72. The minimum Gasteiger partial charge on any atom is -0.355 e. The number of sulfonamides is 1. The minimum absolute atomic E-state index is 0.170. The SMILES string of the molecule is CCNC(=O)C(C)N(Cc1ccc(C)cc1)C(=O)CN(c1cc(Cl)ccc1C)S(C)(=O)=O. The molecule has 0 spiro atoms. The van der Waals surface area contributed by atoms with Gasteiger partial charge in [-0.05, 0) is 51.0 Å². The van der Waals surface area contributed by atoms with E-state index in [2.05, 4.69) is 5.32 Å². The molecule has 1 atom stereocenters. The summed E-state index contributed by atoms with van der Waals surface area (Å²) in [6.45, 7) is 7.28. The van der Waals surface area contributed by atoms with Crippen LogP contribution in [0.1, 0.15) is 30.5 Å². The van der Waals surface area contributed by atoms with Gasteiger partial charge >= 0.3 is 0 Å². The van der Waals surface area contributed by atoms with Gasteiger partial charge in [0.05, 0.1) is 11.9 Å². The highest BCUT2D eigenvalue weighted by molar-refractivity contribution is 7.92. The molecule has 2 rings (SSSR count). The summed E-state index contributed by atoms with van der Waals surface area (Å²) in [5, 5.41) is 3.09. The molecular weight excluding hydrogens is 450 g/mol. The van der Waals surface area contributed by atoms with E-state index in [4.69, 9.17) is 11.6 Å². The van der Waals surface area contributed by atoms with E-state index >= 15 is 0 Å². The zero-order chi connectivity index (χ0) is 24.1. The van der Waals surface area contributed by atoms with Crippen molar-refractivity contribution < 1.29 is 18.0 Å². The van der Waals surface area contributed by atoms with Crippen molar-refractivity contribution in [1.29, 1.82) is 0 Å². The van der Waals surface area contributed by atoms with E-state index in [0.717, 1.165) is 21.7 Å². The highest BCUT2D eigenvalue weighted by Gasteiger charge is 2.30. The van der Waals surface area contributed by atoms with Crippen molar-refractivity contribution >= 4 is 39.1 Å². The van der Waals surface area contributed by atoms with Gasteiger partial charge in [0, 0.05) is 18.1 Å². The van der Waals surface area contributed by atoms with Crippen LogP contribution in [0.15, 0.2) is 42.5 Å². The molecule has 1 N–H and O–H groups in total. The quantitative estimate of drug-likeness (QED) is 0.598. The lowest BCUT2D eigenvalue weighted by Crippen LogP contribution is -2.51. The average molecular weight is 480 g/mol. The maximum Gasteiger partial charge on any atom is 0.244 e. The van der Waals surface area contributed by atoms with E-state index < -0.39 is 28.5 Å². The van der Waals surface area contributed by atoms with Gasteiger partial charge in [0.2, 0.25) is 21.8 Å². The van der Waals surface area contributed by atoms with Crippen LogP contribution < -0.4 is 9.62 Å². The van der Waals surface area contributed by atoms with E-state index in [9.17, 15) is 18.0 Å². The van der Waals surface area contributed by atoms with Crippen molar-refractivity contribution in [2.75, 3.05) is 23.7 Å². The Balaban J connectivity index is 2.42. The Morgan fingerprint density at radius 1 is 1.09 bits per heavy atom. The molecule has 2 amide bonds. The monoisotopic (exact) mass is 479 g/mol. The molecule has 2 aromatic carbocycles. The molecular formula is C23H30ClN3O4S. The Labute approximate surface area is 195 Å². The van der Waals surface area contributed by atoms with E-state index in [1.807, 2.05) is 31.2 Å². The van der Waals surface area contributed by atoms with Crippen LogP contribution in [0.3, 0.4) is 0 Å². The van der Waals surface area contributed by atoms with Crippen LogP contribution in [0, 0.1) is 13.8 Å². The first kappa shape index (κ1) is 25.7. The lowest BCUT2D eigenvalue weighted by atomic mass is 10.1. The molecule has 0 saturated heterocycles. The van der Waals surface area contributed by atoms with Gasteiger partial charge in [-0.2, -0.15) is 0 Å². The topological polar surface area (TPSA) is 86.8 Å². The zero-order valence-corrected chi connectivity index (χ0v) is 20.6.